The summed E-state index contributed by atoms with van der Waals surface area (Å²) in [5, 5.41) is 0. The molecule has 0 bridgehead atoms. The molecule has 4 nitrogen and oxygen atoms in total. The molecule has 31 heavy (non-hydrogen) atoms. The third kappa shape index (κ3) is 4.57. The van der Waals surface area contributed by atoms with Gasteiger partial charge in [-0.15, -0.1) is 0 Å². The molecule has 1 heterocycles. The molecular formula is C23H21BrF2N2O2S. The Kier molecular flexibility index (Phi) is 6.52. The lowest BCUT2D eigenvalue weighted by molar-refractivity contribution is 0.155. The fourth-order valence-electron chi connectivity index (χ4n) is 3.95. The van der Waals surface area contributed by atoms with Crippen molar-refractivity contribution in [2.75, 3.05) is 26.2 Å². The van der Waals surface area contributed by atoms with Crippen LogP contribution in [-0.4, -0.2) is 43.8 Å². The molecule has 1 aliphatic heterocycles. The van der Waals surface area contributed by atoms with Gasteiger partial charge in [-0.2, -0.15) is 4.31 Å². The number of nitrogens with zero attached hydrogens (tertiary/aromatic N) is 2. The van der Waals surface area contributed by atoms with E-state index in [0.717, 1.165) is 38.1 Å². The van der Waals surface area contributed by atoms with E-state index >= 15 is 0 Å². The van der Waals surface area contributed by atoms with E-state index in [9.17, 15) is 17.2 Å². The first-order valence-electron chi connectivity index (χ1n) is 9.86. The Balaban J connectivity index is 1.59. The number of piperazine rings is 1. The number of sulfonamides is 1. The molecule has 8 heteroatoms. The van der Waals surface area contributed by atoms with Gasteiger partial charge in [-0.25, -0.2) is 17.2 Å². The molecule has 1 aliphatic rings. The van der Waals surface area contributed by atoms with E-state index in [1.807, 2.05) is 54.6 Å². The van der Waals surface area contributed by atoms with E-state index in [4.69, 9.17) is 0 Å². The second kappa shape index (κ2) is 9.16. The molecule has 0 radical (unpaired) electrons. The van der Waals surface area contributed by atoms with Gasteiger partial charge in [0.15, 0.2) is 4.90 Å². The number of hydrogen-bond acceptors (Lipinski definition) is 3. The van der Waals surface area contributed by atoms with Gasteiger partial charge in [-0.3, -0.25) is 4.90 Å². The predicted molar refractivity (Wildman–Crippen MR) is 119 cm³/mol. The van der Waals surface area contributed by atoms with Crippen LogP contribution in [-0.2, 0) is 10.0 Å². The average Bonchev–Trinajstić information content (AvgIpc) is 2.76. The van der Waals surface area contributed by atoms with Crippen molar-refractivity contribution in [1.29, 1.82) is 0 Å². The lowest BCUT2D eigenvalue weighted by Crippen LogP contribution is -2.50. The van der Waals surface area contributed by atoms with Gasteiger partial charge in [0.25, 0.3) is 0 Å². The van der Waals surface area contributed by atoms with Crippen LogP contribution in [0.3, 0.4) is 0 Å². The number of hydrogen-bond donors (Lipinski definition) is 0. The van der Waals surface area contributed by atoms with Gasteiger partial charge in [0.1, 0.15) is 11.6 Å². The summed E-state index contributed by atoms with van der Waals surface area (Å²) >= 11 is 3.46. The lowest BCUT2D eigenvalue weighted by atomic mass is 9.96. The largest absolute Gasteiger partial charge is 0.290 e. The van der Waals surface area contributed by atoms with Crippen LogP contribution in [0, 0.1) is 11.6 Å². The van der Waals surface area contributed by atoms with E-state index in [1.165, 1.54) is 0 Å². The number of benzene rings is 3. The van der Waals surface area contributed by atoms with Crippen molar-refractivity contribution in [2.45, 2.75) is 10.9 Å². The maximum absolute atomic E-state index is 14.1. The summed E-state index contributed by atoms with van der Waals surface area (Å²) < 4.78 is 56.2. The highest BCUT2D eigenvalue weighted by atomic mass is 79.9. The summed E-state index contributed by atoms with van der Waals surface area (Å²) in [6, 6.07) is 21.1. The quantitative estimate of drug-likeness (QED) is 0.497. The van der Waals surface area contributed by atoms with Crippen LogP contribution in [0.2, 0.25) is 0 Å². The minimum Gasteiger partial charge on any atom is -0.290 e. The maximum atomic E-state index is 14.1. The van der Waals surface area contributed by atoms with Crippen LogP contribution in [0.4, 0.5) is 8.78 Å². The summed E-state index contributed by atoms with van der Waals surface area (Å²) in [6.45, 7) is 1.17. The van der Waals surface area contributed by atoms with Gasteiger partial charge < -0.3 is 0 Å². The summed E-state index contributed by atoms with van der Waals surface area (Å²) in [5.41, 5.74) is 2.19. The zero-order valence-corrected chi connectivity index (χ0v) is 19.0. The molecular weight excluding hydrogens is 486 g/mol. The Labute approximate surface area is 189 Å². The second-order valence-electron chi connectivity index (χ2n) is 7.36. The molecule has 4 rings (SSSR count). The molecule has 0 N–H and O–H groups in total. The Morgan fingerprint density at radius 2 is 1.29 bits per heavy atom. The van der Waals surface area contributed by atoms with E-state index in [0.29, 0.717) is 13.1 Å². The Morgan fingerprint density at radius 1 is 0.742 bits per heavy atom. The molecule has 0 aliphatic carbocycles. The monoisotopic (exact) mass is 506 g/mol. The average molecular weight is 507 g/mol. The summed E-state index contributed by atoms with van der Waals surface area (Å²) in [6.07, 6.45) is 0. The highest BCUT2D eigenvalue weighted by Crippen LogP contribution is 2.32. The minimum atomic E-state index is -4.26. The van der Waals surface area contributed by atoms with E-state index < -0.39 is 26.6 Å². The Hall–Kier alpha value is -2.13. The third-order valence-corrected chi connectivity index (χ3v) is 7.94. The Morgan fingerprint density at radius 3 is 1.87 bits per heavy atom. The van der Waals surface area contributed by atoms with Gasteiger partial charge in [0.2, 0.25) is 10.0 Å². The molecule has 1 atom stereocenters. The fraction of sp³-hybridized carbons (Fsp3) is 0.217. The van der Waals surface area contributed by atoms with Gasteiger partial charge in [-0.1, -0.05) is 64.5 Å². The van der Waals surface area contributed by atoms with Gasteiger partial charge >= 0.3 is 0 Å². The van der Waals surface area contributed by atoms with Crippen molar-refractivity contribution in [1.82, 2.24) is 9.21 Å². The highest BCUT2D eigenvalue weighted by Gasteiger charge is 2.35. The molecule has 0 aromatic heterocycles. The summed E-state index contributed by atoms with van der Waals surface area (Å²) in [5.74, 6) is -2.14. The molecule has 1 saturated heterocycles. The summed E-state index contributed by atoms with van der Waals surface area (Å²) in [4.78, 5) is 1.32. The van der Waals surface area contributed by atoms with Gasteiger partial charge in [0.05, 0.1) is 6.04 Å². The van der Waals surface area contributed by atoms with Gasteiger partial charge in [0, 0.05) is 30.7 Å². The van der Waals surface area contributed by atoms with Crippen LogP contribution < -0.4 is 0 Å². The topological polar surface area (TPSA) is 40.6 Å². The lowest BCUT2D eigenvalue weighted by Gasteiger charge is -2.39. The predicted octanol–water partition coefficient (Wildman–Crippen LogP) is 4.82. The van der Waals surface area contributed by atoms with E-state index in [1.54, 1.807) is 0 Å². The van der Waals surface area contributed by atoms with Gasteiger partial charge in [-0.05, 0) is 35.4 Å². The van der Waals surface area contributed by atoms with Crippen molar-refractivity contribution >= 4 is 26.0 Å². The zero-order valence-electron chi connectivity index (χ0n) is 16.6. The van der Waals surface area contributed by atoms with Crippen LogP contribution in [0.1, 0.15) is 17.2 Å². The Bertz CT molecular complexity index is 1130. The first kappa shape index (κ1) is 22.1. The minimum absolute atomic E-state index is 0.0515. The maximum Gasteiger partial charge on any atom is 0.249 e. The smallest absolute Gasteiger partial charge is 0.249 e. The van der Waals surface area contributed by atoms with Crippen molar-refractivity contribution < 1.29 is 17.2 Å². The third-order valence-electron chi connectivity index (χ3n) is 5.46. The first-order chi connectivity index (χ1) is 14.9. The van der Waals surface area contributed by atoms with Crippen LogP contribution in [0.5, 0.6) is 0 Å². The molecule has 0 amide bonds. The second-order valence-corrected chi connectivity index (χ2v) is 10.1. The van der Waals surface area contributed by atoms with Crippen LogP contribution in [0.25, 0.3) is 0 Å². The van der Waals surface area contributed by atoms with Crippen molar-refractivity contribution in [2.24, 2.45) is 0 Å². The van der Waals surface area contributed by atoms with Crippen molar-refractivity contribution in [3.05, 3.63) is 100 Å². The molecule has 0 saturated carbocycles. The molecule has 1 fully saturated rings. The molecule has 3 aromatic carbocycles. The van der Waals surface area contributed by atoms with E-state index in [-0.39, 0.29) is 19.1 Å². The van der Waals surface area contributed by atoms with Crippen molar-refractivity contribution in [3.63, 3.8) is 0 Å². The molecule has 0 unspecified atom stereocenters. The van der Waals surface area contributed by atoms with Crippen LogP contribution >= 0.6 is 15.9 Å². The molecule has 162 valence electrons. The summed E-state index contributed by atoms with van der Waals surface area (Å²) in [7, 11) is -4.26. The van der Waals surface area contributed by atoms with Crippen molar-refractivity contribution in [3.8, 4) is 0 Å². The fourth-order valence-corrected chi connectivity index (χ4v) is 5.75. The molecule has 3 aromatic rings. The standard InChI is InChI=1S/C23H21BrF2N2O2S/c24-19-11-9-18(10-12-19)22(17-5-2-1-3-6-17)27-13-15-28(16-14-27)31(29,30)23-20(25)7-4-8-21(23)26/h1-12,22H,13-16H2/t22-/m0/s1. The number of halogens is 3. The molecule has 0 spiro atoms. The van der Waals surface area contributed by atoms with Crippen LogP contribution in [0.15, 0.2) is 82.2 Å². The SMILES string of the molecule is O=S(=O)(c1c(F)cccc1F)N1CCN([C@@H](c2ccccc2)c2ccc(Br)cc2)CC1. The van der Waals surface area contributed by atoms with E-state index in [2.05, 4.69) is 20.8 Å². The first-order valence-corrected chi connectivity index (χ1v) is 12.1. The number of rotatable bonds is 5. The normalized spacial score (nSPS) is 16.9. The zero-order chi connectivity index (χ0) is 22.0. The highest BCUT2D eigenvalue weighted by molar-refractivity contribution is 9.10.